The molecule has 2 atom stereocenters. The van der Waals surface area contributed by atoms with Gasteiger partial charge in [0.25, 0.3) is 0 Å². The summed E-state index contributed by atoms with van der Waals surface area (Å²) in [7, 11) is -3.27. The van der Waals surface area contributed by atoms with Crippen LogP contribution in [-0.2, 0) is 21.1 Å². The standard InChI is InChI=1S/C25H25NO4S/c1-17-19(14-15-27)16-23-24(26-17)13-12-22(25(23)30-20-6-4-3-5-7-20)18-8-10-21(11-9-18)31(2,28)29/h3-13,15,17,19,26H,14,16H2,1-2H3. The van der Waals surface area contributed by atoms with Crippen molar-refractivity contribution in [2.45, 2.75) is 30.7 Å². The van der Waals surface area contributed by atoms with Gasteiger partial charge in [0.1, 0.15) is 17.8 Å². The Hall–Kier alpha value is -3.12. The molecule has 1 aliphatic rings. The van der Waals surface area contributed by atoms with E-state index in [4.69, 9.17) is 4.74 Å². The monoisotopic (exact) mass is 435 g/mol. The number of anilines is 1. The SMILES string of the molecule is CC1Nc2ccc(-c3ccc(S(C)(=O)=O)cc3)c(Oc3ccccc3)c2CC1CC=O. The highest BCUT2D eigenvalue weighted by atomic mass is 32.2. The lowest BCUT2D eigenvalue weighted by Crippen LogP contribution is -2.33. The van der Waals surface area contributed by atoms with Crippen LogP contribution in [-0.4, -0.2) is 27.0 Å². The Labute approximate surface area is 183 Å². The minimum atomic E-state index is -3.27. The summed E-state index contributed by atoms with van der Waals surface area (Å²) < 4.78 is 30.1. The Kier molecular flexibility index (Phi) is 5.83. The molecular formula is C25H25NO4S. The van der Waals surface area contributed by atoms with E-state index in [0.29, 0.717) is 6.42 Å². The van der Waals surface area contributed by atoms with Gasteiger partial charge in [-0.1, -0.05) is 30.3 Å². The van der Waals surface area contributed by atoms with Crippen molar-refractivity contribution in [1.82, 2.24) is 0 Å². The van der Waals surface area contributed by atoms with E-state index in [1.165, 1.54) is 6.26 Å². The average molecular weight is 436 g/mol. The van der Waals surface area contributed by atoms with Gasteiger partial charge in [0.15, 0.2) is 9.84 Å². The Morgan fingerprint density at radius 2 is 1.74 bits per heavy atom. The van der Waals surface area contributed by atoms with Gasteiger partial charge in [-0.15, -0.1) is 0 Å². The van der Waals surface area contributed by atoms with Crippen molar-refractivity contribution < 1.29 is 17.9 Å². The third kappa shape index (κ3) is 4.49. The van der Waals surface area contributed by atoms with Gasteiger partial charge in [-0.3, -0.25) is 0 Å². The molecule has 0 aromatic heterocycles. The van der Waals surface area contributed by atoms with Crippen LogP contribution in [0.25, 0.3) is 11.1 Å². The van der Waals surface area contributed by atoms with Gasteiger partial charge in [-0.25, -0.2) is 8.42 Å². The fraction of sp³-hybridized carbons (Fsp3) is 0.240. The van der Waals surface area contributed by atoms with E-state index >= 15 is 0 Å². The second kappa shape index (κ2) is 8.55. The molecule has 1 aliphatic heterocycles. The number of ether oxygens (including phenoxy) is 1. The number of benzene rings is 3. The van der Waals surface area contributed by atoms with Crippen molar-refractivity contribution >= 4 is 21.8 Å². The molecule has 3 aromatic carbocycles. The molecule has 0 aliphatic carbocycles. The first-order valence-corrected chi connectivity index (χ1v) is 12.2. The molecule has 0 amide bonds. The number of para-hydroxylation sites is 1. The van der Waals surface area contributed by atoms with Crippen molar-refractivity contribution in [2.75, 3.05) is 11.6 Å². The first-order chi connectivity index (χ1) is 14.9. The molecule has 0 radical (unpaired) electrons. The Morgan fingerprint density at radius 3 is 2.39 bits per heavy atom. The molecule has 5 nitrogen and oxygen atoms in total. The fourth-order valence-electron chi connectivity index (χ4n) is 4.01. The average Bonchev–Trinajstić information content (AvgIpc) is 2.75. The number of fused-ring (bicyclic) bond motifs is 1. The summed E-state index contributed by atoms with van der Waals surface area (Å²) >= 11 is 0. The summed E-state index contributed by atoms with van der Waals surface area (Å²) in [5.41, 5.74) is 3.77. The highest BCUT2D eigenvalue weighted by Gasteiger charge is 2.29. The number of hydrogen-bond donors (Lipinski definition) is 1. The second-order valence-corrected chi connectivity index (χ2v) is 10.00. The largest absolute Gasteiger partial charge is 0.456 e. The van der Waals surface area contributed by atoms with Gasteiger partial charge >= 0.3 is 0 Å². The van der Waals surface area contributed by atoms with E-state index < -0.39 is 9.84 Å². The normalized spacial score (nSPS) is 18.0. The fourth-order valence-corrected chi connectivity index (χ4v) is 4.64. The second-order valence-electron chi connectivity index (χ2n) is 7.98. The van der Waals surface area contributed by atoms with Crippen molar-refractivity contribution in [2.24, 2.45) is 5.92 Å². The summed E-state index contributed by atoms with van der Waals surface area (Å²) in [6, 6.07) is 20.6. The first-order valence-electron chi connectivity index (χ1n) is 10.3. The highest BCUT2D eigenvalue weighted by Crippen LogP contribution is 2.44. The molecular weight excluding hydrogens is 410 g/mol. The Balaban J connectivity index is 1.83. The maximum atomic E-state index is 11.8. The van der Waals surface area contributed by atoms with Crippen LogP contribution >= 0.6 is 0 Å². The van der Waals surface area contributed by atoms with Crippen molar-refractivity contribution in [3.8, 4) is 22.6 Å². The van der Waals surface area contributed by atoms with E-state index in [1.54, 1.807) is 24.3 Å². The quantitative estimate of drug-likeness (QED) is 0.545. The first kappa shape index (κ1) is 21.1. The number of carbonyl (C=O) groups is 1. The molecule has 6 heteroatoms. The molecule has 3 aromatic rings. The lowest BCUT2D eigenvalue weighted by atomic mass is 9.84. The van der Waals surface area contributed by atoms with Crippen LogP contribution in [0.2, 0.25) is 0 Å². The Bertz CT molecular complexity index is 1190. The molecule has 0 fully saturated rings. The van der Waals surface area contributed by atoms with Gasteiger partial charge in [0.05, 0.1) is 4.90 Å². The minimum absolute atomic E-state index is 0.172. The number of sulfone groups is 1. The van der Waals surface area contributed by atoms with E-state index in [-0.39, 0.29) is 16.9 Å². The molecule has 0 spiro atoms. The molecule has 0 saturated carbocycles. The van der Waals surface area contributed by atoms with Crippen LogP contribution in [0.15, 0.2) is 71.6 Å². The smallest absolute Gasteiger partial charge is 0.175 e. The maximum Gasteiger partial charge on any atom is 0.175 e. The number of aldehydes is 1. The molecule has 0 saturated heterocycles. The molecule has 1 heterocycles. The van der Waals surface area contributed by atoms with Crippen LogP contribution in [0.1, 0.15) is 18.9 Å². The van der Waals surface area contributed by atoms with Crippen LogP contribution in [0.4, 0.5) is 5.69 Å². The topological polar surface area (TPSA) is 72.5 Å². The zero-order chi connectivity index (χ0) is 22.0. The van der Waals surface area contributed by atoms with E-state index in [9.17, 15) is 13.2 Å². The number of rotatable bonds is 6. The predicted molar refractivity (Wildman–Crippen MR) is 122 cm³/mol. The summed E-state index contributed by atoms with van der Waals surface area (Å²) in [6.07, 6.45) is 3.37. The molecule has 2 unspecified atom stereocenters. The molecule has 1 N–H and O–H groups in total. The molecule has 0 bridgehead atoms. The van der Waals surface area contributed by atoms with E-state index in [2.05, 4.69) is 12.2 Å². The summed E-state index contributed by atoms with van der Waals surface area (Å²) in [4.78, 5) is 11.5. The van der Waals surface area contributed by atoms with Gasteiger partial charge < -0.3 is 14.8 Å². The number of carbonyl (C=O) groups excluding carboxylic acids is 1. The van der Waals surface area contributed by atoms with Gasteiger partial charge in [0, 0.05) is 35.5 Å². The van der Waals surface area contributed by atoms with Crippen LogP contribution in [0.3, 0.4) is 0 Å². The van der Waals surface area contributed by atoms with E-state index in [1.807, 2.05) is 42.5 Å². The van der Waals surface area contributed by atoms with Crippen molar-refractivity contribution in [1.29, 1.82) is 0 Å². The lowest BCUT2D eigenvalue weighted by molar-refractivity contribution is -0.108. The van der Waals surface area contributed by atoms with Crippen LogP contribution in [0, 0.1) is 5.92 Å². The van der Waals surface area contributed by atoms with Crippen molar-refractivity contribution in [3.05, 3.63) is 72.3 Å². The molecule has 160 valence electrons. The zero-order valence-electron chi connectivity index (χ0n) is 17.5. The van der Waals surface area contributed by atoms with Gasteiger partial charge in [0.2, 0.25) is 0 Å². The Morgan fingerprint density at radius 1 is 1.03 bits per heavy atom. The summed E-state index contributed by atoms with van der Waals surface area (Å²) in [6.45, 7) is 2.09. The summed E-state index contributed by atoms with van der Waals surface area (Å²) in [5, 5.41) is 3.51. The maximum absolute atomic E-state index is 11.8. The van der Waals surface area contributed by atoms with Gasteiger partial charge in [-0.2, -0.15) is 0 Å². The van der Waals surface area contributed by atoms with Crippen LogP contribution in [0.5, 0.6) is 11.5 Å². The lowest BCUT2D eigenvalue weighted by Gasteiger charge is -2.33. The minimum Gasteiger partial charge on any atom is -0.456 e. The van der Waals surface area contributed by atoms with Gasteiger partial charge in [-0.05, 0) is 61.2 Å². The van der Waals surface area contributed by atoms with Crippen molar-refractivity contribution in [3.63, 3.8) is 0 Å². The molecule has 31 heavy (non-hydrogen) atoms. The molecule has 4 rings (SSSR count). The van der Waals surface area contributed by atoms with Crippen LogP contribution < -0.4 is 10.1 Å². The number of nitrogens with one attached hydrogen (secondary N) is 1. The zero-order valence-corrected chi connectivity index (χ0v) is 18.4. The van der Waals surface area contributed by atoms with E-state index in [0.717, 1.165) is 46.6 Å². The summed E-state index contributed by atoms with van der Waals surface area (Å²) in [5.74, 6) is 1.62. The number of hydrogen-bond acceptors (Lipinski definition) is 5. The third-order valence-corrected chi connectivity index (χ3v) is 6.90. The third-order valence-electron chi connectivity index (χ3n) is 5.77. The highest BCUT2D eigenvalue weighted by molar-refractivity contribution is 7.90. The predicted octanol–water partition coefficient (Wildman–Crippen LogP) is 5.11.